The fourth-order valence-electron chi connectivity index (χ4n) is 0.733. The summed E-state index contributed by atoms with van der Waals surface area (Å²) in [7, 11) is 0. The number of benzene rings is 1. The summed E-state index contributed by atoms with van der Waals surface area (Å²) in [6, 6.07) is 5.68. The van der Waals surface area contributed by atoms with Crippen molar-refractivity contribution in [2.75, 3.05) is 4.34 Å². The molecule has 0 amide bonds. The maximum atomic E-state index is 5.73. The van der Waals surface area contributed by atoms with Gasteiger partial charge in [0.25, 0.3) is 0 Å². The molecule has 0 aromatic heterocycles. The summed E-state index contributed by atoms with van der Waals surface area (Å²) in [4.78, 5) is 0. The van der Waals surface area contributed by atoms with Crippen LogP contribution in [0, 0.1) is 6.92 Å². The molecule has 54 valence electrons. The van der Waals surface area contributed by atoms with Crippen LogP contribution in [0.3, 0.4) is 0 Å². The van der Waals surface area contributed by atoms with Crippen LogP contribution in [0.25, 0.3) is 0 Å². The summed E-state index contributed by atoms with van der Waals surface area (Å²) in [5, 5.41) is 0.768. The summed E-state index contributed by atoms with van der Waals surface area (Å²) >= 11 is 8.87. The first kappa shape index (κ1) is 7.89. The van der Waals surface area contributed by atoms with Gasteiger partial charge in [-0.15, -0.1) is 0 Å². The van der Waals surface area contributed by atoms with Gasteiger partial charge in [0.1, 0.15) is 0 Å². The standard InChI is InChI=1S/C7H7BrClN/c1-5-4-6(9)2-3-7(5)10-8/h2-4,10H,1H3. The van der Waals surface area contributed by atoms with Gasteiger partial charge in [-0.1, -0.05) is 11.6 Å². The Bertz CT molecular complexity index is 237. The molecule has 0 unspecified atom stereocenters. The Morgan fingerprint density at radius 3 is 2.70 bits per heavy atom. The van der Waals surface area contributed by atoms with E-state index < -0.39 is 0 Å². The molecule has 3 heteroatoms. The average Bonchev–Trinajstić information content (AvgIpc) is 1.88. The molecule has 0 saturated heterocycles. The van der Waals surface area contributed by atoms with Crippen LogP contribution < -0.4 is 4.34 Å². The van der Waals surface area contributed by atoms with Gasteiger partial charge in [0, 0.05) is 26.9 Å². The molecule has 0 bridgehead atoms. The number of halogens is 2. The molecular formula is C7H7BrClN. The third-order valence-electron chi connectivity index (χ3n) is 1.29. The highest BCUT2D eigenvalue weighted by Gasteiger charge is 1.94. The first-order valence-corrected chi connectivity index (χ1v) is 4.04. The molecule has 0 radical (unpaired) electrons. The van der Waals surface area contributed by atoms with E-state index in [-0.39, 0.29) is 0 Å². The number of hydrogen-bond acceptors (Lipinski definition) is 1. The predicted molar refractivity (Wildman–Crippen MR) is 48.7 cm³/mol. The van der Waals surface area contributed by atoms with Crippen LogP contribution in [0.4, 0.5) is 5.69 Å². The lowest BCUT2D eigenvalue weighted by Crippen LogP contribution is -1.83. The normalized spacial score (nSPS) is 9.50. The van der Waals surface area contributed by atoms with Gasteiger partial charge in [0.2, 0.25) is 0 Å². The van der Waals surface area contributed by atoms with Gasteiger partial charge in [-0.25, -0.2) is 0 Å². The van der Waals surface area contributed by atoms with Gasteiger partial charge in [-0.05, 0) is 30.7 Å². The molecule has 1 nitrogen and oxygen atoms in total. The summed E-state index contributed by atoms with van der Waals surface area (Å²) < 4.78 is 2.88. The molecule has 0 atom stereocenters. The zero-order valence-corrected chi connectivity index (χ0v) is 7.83. The van der Waals surface area contributed by atoms with Crippen molar-refractivity contribution in [3.05, 3.63) is 28.8 Å². The number of anilines is 1. The smallest absolute Gasteiger partial charge is 0.0471 e. The zero-order valence-electron chi connectivity index (χ0n) is 5.49. The average molecular weight is 220 g/mol. The van der Waals surface area contributed by atoms with E-state index in [4.69, 9.17) is 11.6 Å². The summed E-state index contributed by atoms with van der Waals surface area (Å²) in [6.07, 6.45) is 0. The number of nitrogens with one attached hydrogen (secondary N) is 1. The van der Waals surface area contributed by atoms with Crippen LogP contribution in [-0.4, -0.2) is 0 Å². The Balaban J connectivity index is 3.07. The van der Waals surface area contributed by atoms with E-state index in [0.717, 1.165) is 16.3 Å². The molecule has 1 N–H and O–H groups in total. The van der Waals surface area contributed by atoms with Crippen LogP contribution in [0.15, 0.2) is 18.2 Å². The second-order valence-electron chi connectivity index (χ2n) is 2.05. The van der Waals surface area contributed by atoms with Crippen LogP contribution in [0.2, 0.25) is 5.02 Å². The minimum Gasteiger partial charge on any atom is -0.322 e. The molecule has 0 aliphatic carbocycles. The van der Waals surface area contributed by atoms with Crippen LogP contribution in [0.1, 0.15) is 5.56 Å². The second-order valence-corrected chi connectivity index (χ2v) is 2.89. The fourth-order valence-corrected chi connectivity index (χ4v) is 1.40. The van der Waals surface area contributed by atoms with Gasteiger partial charge in [-0.3, -0.25) is 0 Å². The molecule has 0 aliphatic rings. The Morgan fingerprint density at radius 2 is 2.20 bits per heavy atom. The van der Waals surface area contributed by atoms with Crippen LogP contribution in [-0.2, 0) is 0 Å². The SMILES string of the molecule is Cc1cc(Cl)ccc1NBr. The monoisotopic (exact) mass is 219 g/mol. The summed E-state index contributed by atoms with van der Waals surface area (Å²) in [5.74, 6) is 0. The molecule has 10 heavy (non-hydrogen) atoms. The van der Waals surface area contributed by atoms with Gasteiger partial charge in [-0.2, -0.15) is 0 Å². The van der Waals surface area contributed by atoms with E-state index in [1.165, 1.54) is 0 Å². The van der Waals surface area contributed by atoms with E-state index in [1.54, 1.807) is 0 Å². The lowest BCUT2D eigenvalue weighted by molar-refractivity contribution is 1.47. The van der Waals surface area contributed by atoms with E-state index in [0.29, 0.717) is 0 Å². The Labute approximate surface area is 73.7 Å². The molecule has 0 spiro atoms. The van der Waals surface area contributed by atoms with Crippen molar-refractivity contribution in [3.8, 4) is 0 Å². The quantitative estimate of drug-likeness (QED) is 0.716. The second kappa shape index (κ2) is 3.26. The van der Waals surface area contributed by atoms with Gasteiger partial charge in [0.15, 0.2) is 0 Å². The van der Waals surface area contributed by atoms with Crippen LogP contribution in [0.5, 0.6) is 0 Å². The van der Waals surface area contributed by atoms with Gasteiger partial charge in [0.05, 0.1) is 0 Å². The lowest BCUT2D eigenvalue weighted by atomic mass is 10.2. The Morgan fingerprint density at radius 1 is 1.50 bits per heavy atom. The van der Waals surface area contributed by atoms with Gasteiger partial charge < -0.3 is 4.34 Å². The highest BCUT2D eigenvalue weighted by atomic mass is 79.9. The molecule has 0 aliphatic heterocycles. The summed E-state index contributed by atoms with van der Waals surface area (Å²) in [5.41, 5.74) is 2.17. The van der Waals surface area contributed by atoms with Crippen molar-refractivity contribution in [3.63, 3.8) is 0 Å². The predicted octanol–water partition coefficient (Wildman–Crippen LogP) is 3.37. The highest BCUT2D eigenvalue weighted by Crippen LogP contribution is 2.20. The highest BCUT2D eigenvalue weighted by molar-refractivity contribution is 9.10. The number of aryl methyl sites for hydroxylation is 1. The van der Waals surface area contributed by atoms with Crippen molar-refractivity contribution < 1.29 is 0 Å². The molecular weight excluding hydrogens is 213 g/mol. The van der Waals surface area contributed by atoms with Crippen molar-refractivity contribution in [2.24, 2.45) is 0 Å². The fraction of sp³-hybridized carbons (Fsp3) is 0.143. The maximum absolute atomic E-state index is 5.73. The van der Waals surface area contributed by atoms with Crippen molar-refractivity contribution in [2.45, 2.75) is 6.92 Å². The van der Waals surface area contributed by atoms with E-state index in [9.17, 15) is 0 Å². The minimum absolute atomic E-state index is 0.768. The van der Waals surface area contributed by atoms with E-state index >= 15 is 0 Å². The largest absolute Gasteiger partial charge is 0.322 e. The third kappa shape index (κ3) is 1.64. The molecule has 0 fully saturated rings. The topological polar surface area (TPSA) is 12.0 Å². The lowest BCUT2D eigenvalue weighted by Gasteiger charge is -2.01. The molecule has 0 heterocycles. The van der Waals surface area contributed by atoms with Crippen molar-refractivity contribution >= 4 is 33.4 Å². The van der Waals surface area contributed by atoms with E-state index in [2.05, 4.69) is 20.5 Å². The number of rotatable bonds is 1. The van der Waals surface area contributed by atoms with Gasteiger partial charge >= 0.3 is 0 Å². The van der Waals surface area contributed by atoms with Crippen molar-refractivity contribution in [1.82, 2.24) is 0 Å². The van der Waals surface area contributed by atoms with Crippen LogP contribution >= 0.6 is 27.7 Å². The zero-order chi connectivity index (χ0) is 7.56. The number of hydrogen-bond donors (Lipinski definition) is 1. The first-order chi connectivity index (χ1) is 4.74. The van der Waals surface area contributed by atoms with Crippen molar-refractivity contribution in [1.29, 1.82) is 0 Å². The molecule has 1 aromatic carbocycles. The molecule has 1 rings (SSSR count). The van der Waals surface area contributed by atoms with E-state index in [1.807, 2.05) is 25.1 Å². The molecule has 0 saturated carbocycles. The Kier molecular flexibility index (Phi) is 2.57. The summed E-state index contributed by atoms with van der Waals surface area (Å²) in [6.45, 7) is 2.00. The first-order valence-electron chi connectivity index (χ1n) is 2.87. The third-order valence-corrected chi connectivity index (χ3v) is 1.95. The maximum Gasteiger partial charge on any atom is 0.0471 e. The minimum atomic E-state index is 0.768. The molecule has 1 aromatic rings. The Hall–Kier alpha value is -0.210.